The standard InChI is InChI=1S/C20H23N3O3/c1-14(24)23-8-5-16-11-17(3-4-18(16)23)21-19(25)20(2)7-9-22(20)12-15-6-10-26-13-15/h3-4,6,10-11,13H,5,7-9,12H2,1-2H3,(H,21,25). The number of hydrogen-bond donors (Lipinski definition) is 1. The third-order valence-corrected chi connectivity index (χ3v) is 5.62. The van der Waals surface area contributed by atoms with Crippen molar-refractivity contribution in [3.05, 3.63) is 47.9 Å². The van der Waals surface area contributed by atoms with Gasteiger partial charge in [0.05, 0.1) is 18.1 Å². The van der Waals surface area contributed by atoms with Gasteiger partial charge in [-0.3, -0.25) is 14.5 Å². The highest BCUT2D eigenvalue weighted by molar-refractivity contribution is 5.99. The smallest absolute Gasteiger partial charge is 0.244 e. The summed E-state index contributed by atoms with van der Waals surface area (Å²) in [5.74, 6) is 0.0611. The van der Waals surface area contributed by atoms with Crippen molar-refractivity contribution in [1.29, 1.82) is 0 Å². The van der Waals surface area contributed by atoms with Gasteiger partial charge in [0.15, 0.2) is 0 Å². The van der Waals surface area contributed by atoms with Gasteiger partial charge in [0.1, 0.15) is 0 Å². The lowest BCUT2D eigenvalue weighted by molar-refractivity contribution is -0.136. The van der Waals surface area contributed by atoms with Crippen LogP contribution in [-0.4, -0.2) is 35.3 Å². The first kappa shape index (κ1) is 16.8. The van der Waals surface area contributed by atoms with Crippen molar-refractivity contribution in [1.82, 2.24) is 4.90 Å². The van der Waals surface area contributed by atoms with Crippen LogP contribution in [0, 0.1) is 0 Å². The van der Waals surface area contributed by atoms with Gasteiger partial charge >= 0.3 is 0 Å². The number of furan rings is 1. The summed E-state index contributed by atoms with van der Waals surface area (Å²) in [5.41, 5.74) is 3.40. The molecule has 0 saturated carbocycles. The number of benzene rings is 1. The Balaban J connectivity index is 1.46. The van der Waals surface area contributed by atoms with Crippen molar-refractivity contribution >= 4 is 23.2 Å². The highest BCUT2D eigenvalue weighted by Gasteiger charge is 2.46. The van der Waals surface area contributed by atoms with Gasteiger partial charge in [-0.25, -0.2) is 0 Å². The third-order valence-electron chi connectivity index (χ3n) is 5.62. The maximum absolute atomic E-state index is 12.9. The molecular formula is C20H23N3O3. The van der Waals surface area contributed by atoms with Gasteiger partial charge in [0.2, 0.25) is 11.8 Å². The predicted octanol–water partition coefficient (Wildman–Crippen LogP) is 2.79. The van der Waals surface area contributed by atoms with Crippen molar-refractivity contribution in [2.75, 3.05) is 23.3 Å². The van der Waals surface area contributed by atoms with Crippen LogP contribution in [-0.2, 0) is 22.6 Å². The zero-order chi connectivity index (χ0) is 18.3. The van der Waals surface area contributed by atoms with E-state index in [1.807, 2.05) is 31.2 Å². The molecule has 1 N–H and O–H groups in total. The lowest BCUT2D eigenvalue weighted by Crippen LogP contribution is -2.63. The number of carbonyl (C=O) groups excluding carboxylic acids is 2. The second-order valence-electron chi connectivity index (χ2n) is 7.30. The monoisotopic (exact) mass is 353 g/mol. The maximum Gasteiger partial charge on any atom is 0.244 e. The molecule has 6 heteroatoms. The topological polar surface area (TPSA) is 65.8 Å². The molecule has 0 bridgehead atoms. The van der Waals surface area contributed by atoms with E-state index >= 15 is 0 Å². The van der Waals surface area contributed by atoms with Crippen LogP contribution in [0.4, 0.5) is 11.4 Å². The maximum atomic E-state index is 12.9. The fraction of sp³-hybridized carbons (Fsp3) is 0.400. The zero-order valence-electron chi connectivity index (χ0n) is 15.1. The van der Waals surface area contributed by atoms with E-state index in [4.69, 9.17) is 4.42 Å². The molecule has 4 rings (SSSR count). The molecule has 1 unspecified atom stereocenters. The van der Waals surface area contributed by atoms with Crippen molar-refractivity contribution in [3.63, 3.8) is 0 Å². The molecule has 1 aromatic carbocycles. The summed E-state index contributed by atoms with van der Waals surface area (Å²) < 4.78 is 5.12. The van der Waals surface area contributed by atoms with Crippen LogP contribution in [0.1, 0.15) is 31.4 Å². The number of nitrogens with zero attached hydrogens (tertiary/aromatic N) is 2. The summed E-state index contributed by atoms with van der Waals surface area (Å²) in [6.07, 6.45) is 5.03. The quantitative estimate of drug-likeness (QED) is 0.918. The molecule has 1 saturated heterocycles. The summed E-state index contributed by atoms with van der Waals surface area (Å²) in [6, 6.07) is 7.71. The lowest BCUT2D eigenvalue weighted by Gasteiger charge is -2.49. The molecule has 26 heavy (non-hydrogen) atoms. The molecule has 6 nitrogen and oxygen atoms in total. The van der Waals surface area contributed by atoms with Crippen molar-refractivity contribution in [2.45, 2.75) is 38.8 Å². The van der Waals surface area contributed by atoms with Crippen LogP contribution < -0.4 is 10.2 Å². The number of fused-ring (bicyclic) bond motifs is 1. The molecule has 1 fully saturated rings. The Morgan fingerprint density at radius 2 is 2.12 bits per heavy atom. The first-order chi connectivity index (χ1) is 12.5. The number of rotatable bonds is 4. The van der Waals surface area contributed by atoms with Gasteiger partial charge in [0.25, 0.3) is 0 Å². The Labute approximate surface area is 152 Å². The van der Waals surface area contributed by atoms with Crippen LogP contribution in [0.5, 0.6) is 0 Å². The molecule has 2 aliphatic heterocycles. The van der Waals surface area contributed by atoms with E-state index in [1.165, 1.54) is 0 Å². The Bertz CT molecular complexity index is 846. The Hall–Kier alpha value is -2.60. The third kappa shape index (κ3) is 2.80. The van der Waals surface area contributed by atoms with Crippen LogP contribution in [0.3, 0.4) is 0 Å². The predicted molar refractivity (Wildman–Crippen MR) is 98.9 cm³/mol. The largest absolute Gasteiger partial charge is 0.472 e. The van der Waals surface area contributed by atoms with Gasteiger partial charge in [-0.2, -0.15) is 0 Å². The second kappa shape index (κ2) is 6.29. The van der Waals surface area contributed by atoms with E-state index in [9.17, 15) is 9.59 Å². The summed E-state index contributed by atoms with van der Waals surface area (Å²) in [6.45, 7) is 5.87. The minimum atomic E-state index is -0.512. The fourth-order valence-electron chi connectivity index (χ4n) is 3.79. The van der Waals surface area contributed by atoms with Gasteiger partial charge in [-0.1, -0.05) is 0 Å². The minimum absolute atomic E-state index is 0.00798. The summed E-state index contributed by atoms with van der Waals surface area (Å²) in [5, 5.41) is 3.06. The second-order valence-corrected chi connectivity index (χ2v) is 7.30. The molecule has 0 aliphatic carbocycles. The minimum Gasteiger partial charge on any atom is -0.472 e. The van der Waals surface area contributed by atoms with Gasteiger partial charge < -0.3 is 14.6 Å². The molecule has 3 heterocycles. The average molecular weight is 353 g/mol. The van der Waals surface area contributed by atoms with Crippen LogP contribution in [0.15, 0.2) is 41.2 Å². The van der Waals surface area contributed by atoms with Crippen LogP contribution in [0.2, 0.25) is 0 Å². The first-order valence-corrected chi connectivity index (χ1v) is 8.96. The van der Waals surface area contributed by atoms with Crippen LogP contribution in [0.25, 0.3) is 0 Å². The normalized spacial score (nSPS) is 22.0. The Morgan fingerprint density at radius 3 is 2.77 bits per heavy atom. The van der Waals surface area contributed by atoms with E-state index < -0.39 is 5.54 Å². The number of anilines is 2. The number of nitrogens with one attached hydrogen (secondary N) is 1. The zero-order valence-corrected chi connectivity index (χ0v) is 15.1. The van der Waals surface area contributed by atoms with Crippen LogP contribution >= 0.6 is 0 Å². The highest BCUT2D eigenvalue weighted by atomic mass is 16.3. The Morgan fingerprint density at radius 1 is 1.27 bits per heavy atom. The van der Waals surface area contributed by atoms with E-state index in [1.54, 1.807) is 24.3 Å². The lowest BCUT2D eigenvalue weighted by atomic mass is 9.85. The summed E-state index contributed by atoms with van der Waals surface area (Å²) in [7, 11) is 0. The molecular weight excluding hydrogens is 330 g/mol. The van der Waals surface area contributed by atoms with Crippen molar-refractivity contribution < 1.29 is 14.0 Å². The molecule has 2 aliphatic rings. The number of carbonyl (C=O) groups is 2. The SMILES string of the molecule is CC(=O)N1CCc2cc(NC(=O)C3(C)CCN3Cc3ccoc3)ccc21. The van der Waals surface area contributed by atoms with Gasteiger partial charge in [-0.05, 0) is 49.6 Å². The number of likely N-dealkylation sites (tertiary alicyclic amines) is 1. The van der Waals surface area contributed by atoms with Crippen molar-refractivity contribution in [2.24, 2.45) is 0 Å². The molecule has 1 atom stereocenters. The van der Waals surface area contributed by atoms with Gasteiger partial charge in [-0.15, -0.1) is 0 Å². The van der Waals surface area contributed by atoms with E-state index in [0.717, 1.165) is 41.9 Å². The summed E-state index contributed by atoms with van der Waals surface area (Å²) in [4.78, 5) is 28.5. The molecule has 0 radical (unpaired) electrons. The van der Waals surface area contributed by atoms with E-state index in [0.29, 0.717) is 13.1 Å². The number of amides is 2. The van der Waals surface area contributed by atoms with Crippen molar-refractivity contribution in [3.8, 4) is 0 Å². The molecule has 2 aromatic rings. The van der Waals surface area contributed by atoms with E-state index in [-0.39, 0.29) is 11.8 Å². The first-order valence-electron chi connectivity index (χ1n) is 8.96. The Kier molecular flexibility index (Phi) is 4.07. The highest BCUT2D eigenvalue weighted by Crippen LogP contribution is 2.35. The molecule has 1 aromatic heterocycles. The average Bonchev–Trinajstić information content (AvgIpc) is 3.26. The molecule has 2 amide bonds. The fourth-order valence-corrected chi connectivity index (χ4v) is 3.79. The van der Waals surface area contributed by atoms with E-state index in [2.05, 4.69) is 10.2 Å². The molecule has 0 spiro atoms. The number of hydrogen-bond acceptors (Lipinski definition) is 4. The summed E-state index contributed by atoms with van der Waals surface area (Å²) >= 11 is 0. The molecule has 136 valence electrons. The van der Waals surface area contributed by atoms with Gasteiger partial charge in [0, 0.05) is 43.5 Å².